The fraction of sp³-hybridized carbons (Fsp3) is 0.357. The number of rotatable bonds is 4. The molecular formula is C14H12F3N3O5. The second-order valence-corrected chi connectivity index (χ2v) is 5.51. The van der Waals surface area contributed by atoms with E-state index >= 15 is 0 Å². The molecule has 2 saturated heterocycles. The molecule has 3 atom stereocenters. The molecule has 0 radical (unpaired) electrons. The standard InChI is InChI=1S/C14H12F3N3O5/c15-14(16,17)24-7-3-1-6(2-4-7)10-9-11(13(23)19-12(9)22)25-20(10)5-8(18)21/h1-4,9-11H,5H2,(H2,18,21)(H,19,22,23). The van der Waals surface area contributed by atoms with Crippen LogP contribution >= 0.6 is 0 Å². The highest BCUT2D eigenvalue weighted by Gasteiger charge is 2.56. The maximum atomic E-state index is 12.2. The Morgan fingerprint density at radius 1 is 1.24 bits per heavy atom. The summed E-state index contributed by atoms with van der Waals surface area (Å²) in [4.78, 5) is 40.3. The Hall–Kier alpha value is -2.66. The lowest BCUT2D eigenvalue weighted by Crippen LogP contribution is -2.37. The molecule has 3 amide bonds. The normalized spacial score (nSPS) is 26.4. The van der Waals surface area contributed by atoms with Crippen LogP contribution in [0, 0.1) is 5.92 Å². The summed E-state index contributed by atoms with van der Waals surface area (Å²) >= 11 is 0. The fourth-order valence-corrected chi connectivity index (χ4v) is 2.92. The van der Waals surface area contributed by atoms with Crippen molar-refractivity contribution >= 4 is 17.7 Å². The summed E-state index contributed by atoms with van der Waals surface area (Å²) < 4.78 is 40.5. The summed E-state index contributed by atoms with van der Waals surface area (Å²) in [5.41, 5.74) is 5.50. The highest BCUT2D eigenvalue weighted by Crippen LogP contribution is 2.42. The number of hydroxylamine groups is 2. The van der Waals surface area contributed by atoms with Crippen molar-refractivity contribution in [2.45, 2.75) is 18.5 Å². The van der Waals surface area contributed by atoms with Crippen LogP contribution in [0.5, 0.6) is 5.75 Å². The van der Waals surface area contributed by atoms with E-state index in [0.717, 1.165) is 17.2 Å². The largest absolute Gasteiger partial charge is 0.573 e. The van der Waals surface area contributed by atoms with Gasteiger partial charge in [0.2, 0.25) is 11.8 Å². The molecule has 25 heavy (non-hydrogen) atoms. The van der Waals surface area contributed by atoms with Crippen molar-refractivity contribution in [1.82, 2.24) is 10.4 Å². The van der Waals surface area contributed by atoms with Crippen LogP contribution in [0.2, 0.25) is 0 Å². The number of alkyl halides is 3. The van der Waals surface area contributed by atoms with E-state index < -0.39 is 47.9 Å². The molecule has 0 aliphatic carbocycles. The Balaban J connectivity index is 1.89. The highest BCUT2D eigenvalue weighted by molar-refractivity contribution is 6.07. The fourth-order valence-electron chi connectivity index (χ4n) is 2.92. The number of carbonyl (C=O) groups excluding carboxylic acids is 3. The maximum absolute atomic E-state index is 12.2. The lowest BCUT2D eigenvalue weighted by atomic mass is 9.91. The van der Waals surface area contributed by atoms with Crippen LogP contribution in [0.1, 0.15) is 11.6 Å². The lowest BCUT2D eigenvalue weighted by molar-refractivity contribution is -0.274. The molecule has 3 rings (SSSR count). The second-order valence-electron chi connectivity index (χ2n) is 5.51. The number of primary amides is 1. The minimum absolute atomic E-state index is 0.369. The van der Waals surface area contributed by atoms with Crippen molar-refractivity contribution in [3.63, 3.8) is 0 Å². The van der Waals surface area contributed by atoms with Crippen LogP contribution in [-0.4, -0.2) is 41.8 Å². The summed E-state index contributed by atoms with van der Waals surface area (Å²) in [6.45, 7) is -0.390. The number of hydrogen-bond acceptors (Lipinski definition) is 6. The van der Waals surface area contributed by atoms with E-state index in [1.165, 1.54) is 12.1 Å². The van der Waals surface area contributed by atoms with Crippen molar-refractivity contribution in [3.8, 4) is 5.75 Å². The van der Waals surface area contributed by atoms with Gasteiger partial charge in [-0.25, -0.2) is 0 Å². The van der Waals surface area contributed by atoms with Crippen molar-refractivity contribution in [1.29, 1.82) is 0 Å². The first kappa shape index (κ1) is 17.2. The molecule has 2 heterocycles. The zero-order chi connectivity index (χ0) is 18.4. The zero-order valence-corrected chi connectivity index (χ0v) is 12.4. The predicted octanol–water partition coefficient (Wildman–Crippen LogP) is -0.000000000000000222. The van der Waals surface area contributed by atoms with E-state index in [9.17, 15) is 27.6 Å². The summed E-state index contributed by atoms with van der Waals surface area (Å²) in [7, 11) is 0. The molecule has 1 aromatic carbocycles. The number of carbonyl (C=O) groups is 3. The van der Waals surface area contributed by atoms with Gasteiger partial charge in [-0.15, -0.1) is 13.2 Å². The van der Waals surface area contributed by atoms with Crippen LogP contribution in [0.15, 0.2) is 24.3 Å². The van der Waals surface area contributed by atoms with Gasteiger partial charge in [0.25, 0.3) is 5.91 Å². The summed E-state index contributed by atoms with van der Waals surface area (Å²) in [6.07, 6.45) is -5.96. The second kappa shape index (κ2) is 6.01. The van der Waals surface area contributed by atoms with Crippen LogP contribution < -0.4 is 15.8 Å². The number of halogens is 3. The molecule has 0 bridgehead atoms. The molecule has 3 unspecified atom stereocenters. The van der Waals surface area contributed by atoms with E-state index in [4.69, 9.17) is 10.6 Å². The zero-order valence-electron chi connectivity index (χ0n) is 12.4. The van der Waals surface area contributed by atoms with Gasteiger partial charge in [0.05, 0.1) is 12.0 Å². The van der Waals surface area contributed by atoms with Gasteiger partial charge < -0.3 is 10.5 Å². The average Bonchev–Trinajstić information content (AvgIpc) is 2.96. The van der Waals surface area contributed by atoms with Gasteiger partial charge in [-0.2, -0.15) is 5.06 Å². The molecule has 2 aliphatic heterocycles. The molecule has 8 nitrogen and oxygen atoms in total. The first-order chi connectivity index (χ1) is 11.7. The molecule has 2 aliphatic rings. The van der Waals surface area contributed by atoms with Gasteiger partial charge in [-0.3, -0.25) is 24.5 Å². The molecule has 134 valence electrons. The van der Waals surface area contributed by atoms with Crippen molar-refractivity contribution in [2.75, 3.05) is 6.54 Å². The number of hydrogen-bond donors (Lipinski definition) is 2. The third kappa shape index (κ3) is 3.42. The van der Waals surface area contributed by atoms with Crippen LogP contribution in [-0.2, 0) is 19.2 Å². The summed E-state index contributed by atoms with van der Waals surface area (Å²) in [6, 6.07) is 3.85. The lowest BCUT2D eigenvalue weighted by Gasteiger charge is -2.24. The minimum Gasteiger partial charge on any atom is -0.406 e. The molecule has 1 aromatic rings. The Labute approximate surface area is 138 Å². The van der Waals surface area contributed by atoms with E-state index in [1.54, 1.807) is 0 Å². The maximum Gasteiger partial charge on any atom is 0.573 e. The van der Waals surface area contributed by atoms with Crippen LogP contribution in [0.3, 0.4) is 0 Å². The van der Waals surface area contributed by atoms with Gasteiger partial charge in [0.1, 0.15) is 12.3 Å². The van der Waals surface area contributed by atoms with Crippen LogP contribution in [0.25, 0.3) is 0 Å². The Kier molecular flexibility index (Phi) is 4.13. The van der Waals surface area contributed by atoms with Gasteiger partial charge in [0, 0.05) is 0 Å². The average molecular weight is 359 g/mol. The minimum atomic E-state index is -4.83. The smallest absolute Gasteiger partial charge is 0.406 e. The molecule has 0 saturated carbocycles. The third-order valence-corrected chi connectivity index (χ3v) is 3.80. The van der Waals surface area contributed by atoms with Crippen LogP contribution in [0.4, 0.5) is 13.2 Å². The summed E-state index contributed by atoms with van der Waals surface area (Å²) in [5, 5.41) is 3.21. The van der Waals surface area contributed by atoms with E-state index in [0.29, 0.717) is 5.56 Å². The Morgan fingerprint density at radius 2 is 1.88 bits per heavy atom. The highest BCUT2D eigenvalue weighted by atomic mass is 19.4. The Morgan fingerprint density at radius 3 is 2.44 bits per heavy atom. The number of ether oxygens (including phenoxy) is 1. The number of benzene rings is 1. The SMILES string of the molecule is NC(=O)CN1OC2C(=O)NC(=O)C2C1c1ccc(OC(F)(F)F)cc1. The number of fused-ring (bicyclic) bond motifs is 1. The quantitative estimate of drug-likeness (QED) is 0.732. The molecule has 3 N–H and O–H groups in total. The predicted molar refractivity (Wildman–Crippen MR) is 73.3 cm³/mol. The number of imide groups is 1. The van der Waals surface area contributed by atoms with Gasteiger partial charge in [-0.05, 0) is 17.7 Å². The monoisotopic (exact) mass is 359 g/mol. The number of nitrogens with two attached hydrogens (primary N) is 1. The Bertz CT molecular complexity index is 721. The van der Waals surface area contributed by atoms with Gasteiger partial charge in [0.15, 0.2) is 6.10 Å². The molecular weight excluding hydrogens is 347 g/mol. The molecule has 0 spiro atoms. The van der Waals surface area contributed by atoms with Gasteiger partial charge in [-0.1, -0.05) is 12.1 Å². The molecule has 2 fully saturated rings. The first-order valence-electron chi connectivity index (χ1n) is 7.08. The molecule has 11 heteroatoms. The van der Waals surface area contributed by atoms with Crippen molar-refractivity contribution in [2.24, 2.45) is 11.7 Å². The molecule has 0 aromatic heterocycles. The van der Waals surface area contributed by atoms with E-state index in [-0.39, 0.29) is 6.54 Å². The van der Waals surface area contributed by atoms with Crippen molar-refractivity contribution in [3.05, 3.63) is 29.8 Å². The van der Waals surface area contributed by atoms with Crippen molar-refractivity contribution < 1.29 is 37.1 Å². The topological polar surface area (TPSA) is 111 Å². The van der Waals surface area contributed by atoms with E-state index in [1.807, 2.05) is 0 Å². The van der Waals surface area contributed by atoms with E-state index in [2.05, 4.69) is 10.1 Å². The number of amides is 3. The first-order valence-corrected chi connectivity index (χ1v) is 7.08. The number of nitrogens with zero attached hydrogens (tertiary/aromatic N) is 1. The third-order valence-electron chi connectivity index (χ3n) is 3.80. The number of nitrogens with one attached hydrogen (secondary N) is 1. The summed E-state index contributed by atoms with van der Waals surface area (Å²) in [5.74, 6) is -3.39. The van der Waals surface area contributed by atoms with Gasteiger partial charge >= 0.3 is 6.36 Å².